The number of carbonyl (C=O) groups excluding carboxylic acids is 2. The number of benzene rings is 1. The van der Waals surface area contributed by atoms with Gasteiger partial charge < -0.3 is 19.8 Å². The number of nitriles is 1. The number of anilines is 1. The fraction of sp³-hybridized carbons (Fsp3) is 0.133. The molecular formula is C15H12IN3O4. The second-order valence-electron chi connectivity index (χ2n) is 4.44. The lowest BCUT2D eigenvalue weighted by atomic mass is 10.2. The quantitative estimate of drug-likeness (QED) is 0.597. The molecule has 1 aromatic heterocycles. The molecule has 2 N–H and O–H groups in total. The smallest absolute Gasteiger partial charge is 0.357 e. The summed E-state index contributed by atoms with van der Waals surface area (Å²) in [4.78, 5) is 23.6. The number of rotatable bonds is 3. The lowest BCUT2D eigenvalue weighted by molar-refractivity contribution is 0.0586. The number of halogens is 1. The van der Waals surface area contributed by atoms with Crippen molar-refractivity contribution in [2.75, 3.05) is 20.0 Å². The first-order valence-electron chi connectivity index (χ1n) is 6.32. The molecule has 0 aliphatic rings. The first kappa shape index (κ1) is 16.8. The first-order chi connectivity index (χ1) is 10.9. The number of aromatic nitrogens is 1. The maximum absolute atomic E-state index is 12.0. The Morgan fingerprint density at radius 1 is 1.26 bits per heavy atom. The molecule has 2 rings (SSSR count). The van der Waals surface area contributed by atoms with Gasteiger partial charge in [-0.2, -0.15) is 5.26 Å². The summed E-state index contributed by atoms with van der Waals surface area (Å²) in [6.07, 6.45) is 1.46. The molecule has 23 heavy (non-hydrogen) atoms. The number of hydrogen-bond acceptors (Lipinski definition) is 6. The van der Waals surface area contributed by atoms with Crippen LogP contribution in [0.15, 0.2) is 24.4 Å². The molecule has 0 saturated heterocycles. The van der Waals surface area contributed by atoms with E-state index in [1.165, 1.54) is 25.0 Å². The van der Waals surface area contributed by atoms with Crippen LogP contribution in [0.2, 0.25) is 0 Å². The maximum Gasteiger partial charge on any atom is 0.357 e. The number of esters is 2. The van der Waals surface area contributed by atoms with Crippen LogP contribution in [0.5, 0.6) is 0 Å². The van der Waals surface area contributed by atoms with Gasteiger partial charge >= 0.3 is 11.9 Å². The summed E-state index contributed by atoms with van der Waals surface area (Å²) in [7, 11) is 2.53. The number of nitrogens with zero attached hydrogens (tertiary/aromatic N) is 2. The van der Waals surface area contributed by atoms with Crippen molar-refractivity contribution in [1.29, 1.82) is 5.26 Å². The fourth-order valence-electron chi connectivity index (χ4n) is 2.05. The van der Waals surface area contributed by atoms with Crippen molar-refractivity contribution >= 4 is 40.2 Å². The number of nitrogens with two attached hydrogens (primary N) is 1. The monoisotopic (exact) mass is 425 g/mol. The van der Waals surface area contributed by atoms with E-state index in [0.29, 0.717) is 14.8 Å². The van der Waals surface area contributed by atoms with Gasteiger partial charge in [0.2, 0.25) is 0 Å². The fourth-order valence-corrected chi connectivity index (χ4v) is 2.83. The van der Waals surface area contributed by atoms with E-state index >= 15 is 0 Å². The van der Waals surface area contributed by atoms with Crippen LogP contribution in [-0.2, 0) is 9.47 Å². The van der Waals surface area contributed by atoms with Gasteiger partial charge in [-0.25, -0.2) is 9.59 Å². The Balaban J connectivity index is 2.65. The van der Waals surface area contributed by atoms with E-state index in [1.807, 2.05) is 28.7 Å². The summed E-state index contributed by atoms with van der Waals surface area (Å²) < 4.78 is 11.6. The number of methoxy groups -OCH3 is 2. The molecule has 8 heteroatoms. The van der Waals surface area contributed by atoms with Gasteiger partial charge in [-0.05, 0) is 40.8 Å². The SMILES string of the molecule is COC(=O)c1ccc(-n2cc(C#N)c(N)c2C(=O)OC)c(I)c1. The molecule has 0 aliphatic carbocycles. The minimum Gasteiger partial charge on any atom is -0.465 e. The highest BCUT2D eigenvalue weighted by Crippen LogP contribution is 2.28. The van der Waals surface area contributed by atoms with Crippen LogP contribution < -0.4 is 5.73 Å². The zero-order chi connectivity index (χ0) is 17.1. The van der Waals surface area contributed by atoms with E-state index in [0.717, 1.165) is 0 Å². The molecular weight excluding hydrogens is 413 g/mol. The number of hydrogen-bond donors (Lipinski definition) is 1. The topological polar surface area (TPSA) is 107 Å². The summed E-state index contributed by atoms with van der Waals surface area (Å²) in [5.74, 6) is -1.12. The van der Waals surface area contributed by atoms with Crippen LogP contribution in [-0.4, -0.2) is 30.7 Å². The van der Waals surface area contributed by atoms with Crippen LogP contribution in [0.25, 0.3) is 5.69 Å². The molecule has 7 nitrogen and oxygen atoms in total. The molecule has 0 saturated carbocycles. The van der Waals surface area contributed by atoms with E-state index in [2.05, 4.69) is 4.74 Å². The Kier molecular flexibility index (Phi) is 4.90. The molecule has 0 unspecified atom stereocenters. The lowest BCUT2D eigenvalue weighted by Crippen LogP contribution is -2.12. The van der Waals surface area contributed by atoms with Crippen LogP contribution in [0, 0.1) is 14.9 Å². The third kappa shape index (κ3) is 3.00. The van der Waals surface area contributed by atoms with E-state index in [-0.39, 0.29) is 16.9 Å². The zero-order valence-electron chi connectivity index (χ0n) is 12.3. The summed E-state index contributed by atoms with van der Waals surface area (Å²) in [5.41, 5.74) is 7.10. The van der Waals surface area contributed by atoms with Crippen LogP contribution >= 0.6 is 22.6 Å². The van der Waals surface area contributed by atoms with Gasteiger partial charge in [0.25, 0.3) is 0 Å². The van der Waals surface area contributed by atoms with E-state index < -0.39 is 11.9 Å². The molecule has 0 atom stereocenters. The highest BCUT2D eigenvalue weighted by atomic mass is 127. The van der Waals surface area contributed by atoms with E-state index in [4.69, 9.17) is 15.7 Å². The standard InChI is InChI=1S/C15H12IN3O4/c1-22-14(20)8-3-4-11(10(16)5-8)19-7-9(6-17)12(18)13(19)15(21)23-2/h3-5,7H,18H2,1-2H3. The second-order valence-corrected chi connectivity index (χ2v) is 5.60. The summed E-state index contributed by atoms with van der Waals surface area (Å²) in [5, 5.41) is 9.12. The molecule has 2 aromatic rings. The number of nitrogen functional groups attached to an aromatic ring is 1. The van der Waals surface area contributed by atoms with Gasteiger partial charge in [0.1, 0.15) is 6.07 Å². The highest BCUT2D eigenvalue weighted by molar-refractivity contribution is 14.1. The second kappa shape index (κ2) is 6.70. The Labute approximate surface area is 145 Å². The normalized spacial score (nSPS) is 10.0. The molecule has 0 bridgehead atoms. The number of ether oxygens (including phenoxy) is 2. The highest BCUT2D eigenvalue weighted by Gasteiger charge is 2.23. The molecule has 1 heterocycles. The first-order valence-corrected chi connectivity index (χ1v) is 7.40. The minimum absolute atomic E-state index is 0.0483. The van der Waals surface area contributed by atoms with Gasteiger partial charge in [0.05, 0.1) is 36.7 Å². The van der Waals surface area contributed by atoms with Crippen molar-refractivity contribution in [3.05, 3.63) is 44.8 Å². The Morgan fingerprint density at radius 2 is 1.91 bits per heavy atom. The van der Waals surface area contributed by atoms with Crippen molar-refractivity contribution < 1.29 is 19.1 Å². The van der Waals surface area contributed by atoms with Gasteiger partial charge in [0.15, 0.2) is 5.69 Å². The predicted octanol–water partition coefficient (Wildman–Crippen LogP) is 2.11. The third-order valence-corrected chi connectivity index (χ3v) is 4.04. The van der Waals surface area contributed by atoms with Crippen LogP contribution in [0.3, 0.4) is 0 Å². The Bertz CT molecular complexity index is 836. The van der Waals surface area contributed by atoms with Gasteiger partial charge in [-0.1, -0.05) is 0 Å². The summed E-state index contributed by atoms with van der Waals surface area (Å²) in [6, 6.07) is 6.75. The van der Waals surface area contributed by atoms with Gasteiger partial charge in [0, 0.05) is 9.77 Å². The molecule has 0 amide bonds. The average molecular weight is 425 g/mol. The minimum atomic E-state index is -0.656. The molecule has 0 spiro atoms. The number of carbonyl (C=O) groups is 2. The van der Waals surface area contributed by atoms with Crippen molar-refractivity contribution in [2.24, 2.45) is 0 Å². The molecule has 1 aromatic carbocycles. The largest absolute Gasteiger partial charge is 0.465 e. The van der Waals surface area contributed by atoms with Crippen molar-refractivity contribution in [3.8, 4) is 11.8 Å². The Hall–Kier alpha value is -2.54. The van der Waals surface area contributed by atoms with Crippen molar-refractivity contribution in [3.63, 3.8) is 0 Å². The molecule has 0 radical (unpaired) electrons. The lowest BCUT2D eigenvalue weighted by Gasteiger charge is -2.11. The van der Waals surface area contributed by atoms with E-state index in [9.17, 15) is 9.59 Å². The van der Waals surface area contributed by atoms with Gasteiger partial charge in [-0.15, -0.1) is 0 Å². The maximum atomic E-state index is 12.0. The summed E-state index contributed by atoms with van der Waals surface area (Å²) in [6.45, 7) is 0. The van der Waals surface area contributed by atoms with Crippen LogP contribution in [0.4, 0.5) is 5.69 Å². The van der Waals surface area contributed by atoms with Crippen molar-refractivity contribution in [2.45, 2.75) is 0 Å². The van der Waals surface area contributed by atoms with Gasteiger partial charge in [-0.3, -0.25) is 0 Å². The van der Waals surface area contributed by atoms with Crippen molar-refractivity contribution in [1.82, 2.24) is 4.57 Å². The third-order valence-electron chi connectivity index (χ3n) is 3.17. The average Bonchev–Trinajstić information content (AvgIpc) is 2.89. The molecule has 0 aliphatic heterocycles. The van der Waals surface area contributed by atoms with E-state index in [1.54, 1.807) is 18.2 Å². The Morgan fingerprint density at radius 3 is 2.43 bits per heavy atom. The zero-order valence-corrected chi connectivity index (χ0v) is 14.4. The predicted molar refractivity (Wildman–Crippen MR) is 90.3 cm³/mol. The van der Waals surface area contributed by atoms with Crippen LogP contribution in [0.1, 0.15) is 26.4 Å². The molecule has 118 valence electrons. The molecule has 0 fully saturated rings. The summed E-state index contributed by atoms with van der Waals surface area (Å²) >= 11 is 2.02.